The number of carbonyl (C=O) groups excluding carboxylic acids is 1. The summed E-state index contributed by atoms with van der Waals surface area (Å²) in [6.45, 7) is 3.83. The number of sulfonamides is 1. The summed E-state index contributed by atoms with van der Waals surface area (Å²) in [7, 11) is -3.36. The Morgan fingerprint density at radius 2 is 1.87 bits per heavy atom. The predicted molar refractivity (Wildman–Crippen MR) is 90.5 cm³/mol. The van der Waals surface area contributed by atoms with E-state index in [9.17, 15) is 13.2 Å². The lowest BCUT2D eigenvalue weighted by atomic mass is 10.1. The van der Waals surface area contributed by atoms with Crippen molar-refractivity contribution in [2.75, 3.05) is 19.6 Å². The van der Waals surface area contributed by atoms with Gasteiger partial charge in [-0.1, -0.05) is 37.3 Å². The second-order valence-electron chi connectivity index (χ2n) is 5.86. The molecular weight excluding hydrogens is 314 g/mol. The molecule has 0 unspecified atom stereocenters. The van der Waals surface area contributed by atoms with Crippen molar-refractivity contribution in [2.24, 2.45) is 0 Å². The Morgan fingerprint density at radius 1 is 1.22 bits per heavy atom. The number of likely N-dealkylation sites (tertiary alicyclic amines) is 1. The second kappa shape index (κ2) is 8.31. The second-order valence-corrected chi connectivity index (χ2v) is 7.61. The fraction of sp³-hybridized carbons (Fsp3) is 0.562. The number of piperidine rings is 1. The Morgan fingerprint density at radius 3 is 2.48 bits per heavy atom. The van der Waals surface area contributed by atoms with E-state index in [1.54, 1.807) is 17.0 Å². The number of hydrogen-bond donors (Lipinski definition) is 2. The van der Waals surface area contributed by atoms with E-state index in [4.69, 9.17) is 0 Å². The Balaban J connectivity index is 1.80. The molecule has 0 saturated carbocycles. The van der Waals surface area contributed by atoms with Crippen LogP contribution in [0.1, 0.15) is 31.7 Å². The zero-order valence-corrected chi connectivity index (χ0v) is 14.3. The lowest BCUT2D eigenvalue weighted by Gasteiger charge is -2.32. The van der Waals surface area contributed by atoms with Crippen LogP contribution < -0.4 is 10.0 Å². The summed E-state index contributed by atoms with van der Waals surface area (Å²) in [5.41, 5.74) is 0.774. The van der Waals surface area contributed by atoms with E-state index in [-0.39, 0.29) is 17.8 Å². The Labute approximate surface area is 138 Å². The van der Waals surface area contributed by atoms with Crippen LogP contribution in [0.25, 0.3) is 0 Å². The summed E-state index contributed by atoms with van der Waals surface area (Å²) < 4.78 is 27.2. The molecule has 2 rings (SSSR count). The van der Waals surface area contributed by atoms with Crippen LogP contribution in [0.4, 0.5) is 4.79 Å². The molecule has 2 N–H and O–H groups in total. The number of benzene rings is 1. The van der Waals surface area contributed by atoms with Gasteiger partial charge in [0.2, 0.25) is 10.0 Å². The number of nitrogens with one attached hydrogen (secondary N) is 2. The highest BCUT2D eigenvalue weighted by Gasteiger charge is 2.25. The maximum absolute atomic E-state index is 12.2. The molecule has 0 radical (unpaired) electrons. The van der Waals surface area contributed by atoms with Gasteiger partial charge in [-0.25, -0.2) is 17.9 Å². The lowest BCUT2D eigenvalue weighted by Crippen LogP contribution is -2.49. The highest BCUT2D eigenvalue weighted by atomic mass is 32.2. The molecule has 0 aromatic heterocycles. The summed E-state index contributed by atoms with van der Waals surface area (Å²) in [5, 5.41) is 2.85. The number of carbonyl (C=O) groups is 1. The molecule has 1 aromatic rings. The van der Waals surface area contributed by atoms with Crippen molar-refractivity contribution >= 4 is 16.1 Å². The summed E-state index contributed by atoms with van der Waals surface area (Å²) >= 11 is 0. The largest absolute Gasteiger partial charge is 0.338 e. The van der Waals surface area contributed by atoms with E-state index in [1.165, 1.54) is 0 Å². The van der Waals surface area contributed by atoms with Crippen molar-refractivity contribution in [3.05, 3.63) is 35.9 Å². The van der Waals surface area contributed by atoms with E-state index in [1.807, 2.05) is 25.1 Å². The topological polar surface area (TPSA) is 78.5 Å². The van der Waals surface area contributed by atoms with Gasteiger partial charge in [-0.15, -0.1) is 0 Å². The Bertz CT molecular complexity index is 596. The SMILES string of the molecule is CCCNC(=O)N1CCC(NS(=O)(=O)Cc2ccccc2)CC1. The number of rotatable bonds is 6. The normalized spacial score (nSPS) is 16.3. The van der Waals surface area contributed by atoms with Crippen molar-refractivity contribution in [2.45, 2.75) is 38.0 Å². The molecule has 1 aliphatic heterocycles. The van der Waals surface area contributed by atoms with Gasteiger partial charge >= 0.3 is 6.03 Å². The summed E-state index contributed by atoms with van der Waals surface area (Å²) in [6.07, 6.45) is 2.20. The zero-order valence-electron chi connectivity index (χ0n) is 13.5. The van der Waals surface area contributed by atoms with Gasteiger partial charge in [0.05, 0.1) is 5.75 Å². The molecule has 1 saturated heterocycles. The van der Waals surface area contributed by atoms with E-state index >= 15 is 0 Å². The van der Waals surface area contributed by atoms with Crippen LogP contribution >= 0.6 is 0 Å². The lowest BCUT2D eigenvalue weighted by molar-refractivity contribution is 0.180. The van der Waals surface area contributed by atoms with Crippen LogP contribution in [0.5, 0.6) is 0 Å². The average molecular weight is 339 g/mol. The van der Waals surface area contributed by atoms with Gasteiger partial charge in [-0.05, 0) is 24.8 Å². The predicted octanol–water partition coefficient (Wildman–Crippen LogP) is 1.69. The van der Waals surface area contributed by atoms with Crippen LogP contribution in [0, 0.1) is 0 Å². The quantitative estimate of drug-likeness (QED) is 0.828. The maximum Gasteiger partial charge on any atom is 0.317 e. The summed E-state index contributed by atoms with van der Waals surface area (Å²) in [6, 6.07) is 8.98. The molecule has 0 aliphatic carbocycles. The molecule has 1 heterocycles. The first-order chi connectivity index (χ1) is 11.0. The van der Waals surface area contributed by atoms with Crippen molar-refractivity contribution in [1.29, 1.82) is 0 Å². The Kier molecular flexibility index (Phi) is 6.41. The van der Waals surface area contributed by atoms with Gasteiger partial charge in [0.1, 0.15) is 0 Å². The van der Waals surface area contributed by atoms with E-state index < -0.39 is 10.0 Å². The average Bonchev–Trinajstić information content (AvgIpc) is 2.53. The number of hydrogen-bond acceptors (Lipinski definition) is 3. The minimum Gasteiger partial charge on any atom is -0.338 e. The molecule has 0 spiro atoms. The summed E-state index contributed by atoms with van der Waals surface area (Å²) in [5.74, 6) is -0.00889. The highest BCUT2D eigenvalue weighted by Crippen LogP contribution is 2.13. The first-order valence-electron chi connectivity index (χ1n) is 8.07. The molecular formula is C16H25N3O3S. The van der Waals surface area contributed by atoms with Crippen LogP contribution in [0.2, 0.25) is 0 Å². The van der Waals surface area contributed by atoms with Gasteiger partial charge in [0.25, 0.3) is 0 Å². The molecule has 128 valence electrons. The fourth-order valence-electron chi connectivity index (χ4n) is 2.63. The Hall–Kier alpha value is -1.60. The number of nitrogens with zero attached hydrogens (tertiary/aromatic N) is 1. The van der Waals surface area contributed by atoms with Gasteiger partial charge in [0.15, 0.2) is 0 Å². The van der Waals surface area contributed by atoms with Crippen LogP contribution in [-0.2, 0) is 15.8 Å². The first kappa shape index (κ1) is 17.7. The van der Waals surface area contributed by atoms with Crippen LogP contribution in [0.3, 0.4) is 0 Å². The van der Waals surface area contributed by atoms with Crippen molar-refractivity contribution in [3.8, 4) is 0 Å². The monoisotopic (exact) mass is 339 g/mol. The molecule has 23 heavy (non-hydrogen) atoms. The molecule has 1 aliphatic rings. The molecule has 0 atom stereocenters. The van der Waals surface area contributed by atoms with Crippen LogP contribution in [0.15, 0.2) is 30.3 Å². The maximum atomic E-state index is 12.2. The fourth-order valence-corrected chi connectivity index (χ4v) is 4.09. The molecule has 2 amide bonds. The van der Waals surface area contributed by atoms with Crippen molar-refractivity contribution < 1.29 is 13.2 Å². The van der Waals surface area contributed by atoms with Gasteiger partial charge in [0, 0.05) is 25.7 Å². The van der Waals surface area contributed by atoms with Crippen molar-refractivity contribution in [1.82, 2.24) is 14.9 Å². The molecule has 1 aromatic carbocycles. The third kappa shape index (κ3) is 5.84. The molecule has 1 fully saturated rings. The minimum absolute atomic E-state index is 0.00889. The number of amides is 2. The third-order valence-electron chi connectivity index (χ3n) is 3.85. The highest BCUT2D eigenvalue weighted by molar-refractivity contribution is 7.88. The smallest absolute Gasteiger partial charge is 0.317 e. The van der Waals surface area contributed by atoms with E-state index in [2.05, 4.69) is 10.0 Å². The first-order valence-corrected chi connectivity index (χ1v) is 9.72. The third-order valence-corrected chi connectivity index (χ3v) is 5.26. The molecule has 6 nitrogen and oxygen atoms in total. The van der Waals surface area contributed by atoms with Gasteiger partial charge in [-0.2, -0.15) is 0 Å². The van der Waals surface area contributed by atoms with Crippen molar-refractivity contribution in [3.63, 3.8) is 0 Å². The standard InChI is InChI=1S/C16H25N3O3S/c1-2-10-17-16(20)19-11-8-15(9-12-19)18-23(21,22)13-14-6-4-3-5-7-14/h3-7,15,18H,2,8-13H2,1H3,(H,17,20). The number of urea groups is 1. The zero-order chi connectivity index (χ0) is 16.7. The molecule has 7 heteroatoms. The van der Waals surface area contributed by atoms with Gasteiger partial charge in [-0.3, -0.25) is 0 Å². The van der Waals surface area contributed by atoms with E-state index in [0.717, 1.165) is 12.0 Å². The van der Waals surface area contributed by atoms with Crippen LogP contribution in [-0.4, -0.2) is 45.0 Å². The minimum atomic E-state index is -3.36. The van der Waals surface area contributed by atoms with E-state index in [0.29, 0.717) is 32.5 Å². The van der Waals surface area contributed by atoms with Gasteiger partial charge < -0.3 is 10.2 Å². The molecule has 0 bridgehead atoms. The summed E-state index contributed by atoms with van der Waals surface area (Å²) in [4.78, 5) is 13.6.